The lowest BCUT2D eigenvalue weighted by atomic mass is 9.82. The highest BCUT2D eigenvalue weighted by Gasteiger charge is 2.28. The van der Waals surface area contributed by atoms with Crippen molar-refractivity contribution in [3.05, 3.63) is 75.0 Å². The number of nitrogens with zero attached hydrogens (tertiary/aromatic N) is 2. The first-order valence-electron chi connectivity index (χ1n) is 8.56. The molecule has 1 aromatic rings. The molecule has 2 aliphatic rings. The van der Waals surface area contributed by atoms with Crippen molar-refractivity contribution in [1.82, 2.24) is 5.32 Å². The molecule has 3 rings (SSSR count). The third kappa shape index (κ3) is 3.76. The summed E-state index contributed by atoms with van der Waals surface area (Å²) in [4.78, 5) is 38.9. The zero-order valence-electron chi connectivity index (χ0n) is 15.2. The van der Waals surface area contributed by atoms with Crippen LogP contribution in [-0.2, 0) is 4.79 Å². The Bertz CT molecular complexity index is 967. The monoisotopic (exact) mass is 365 g/mol. The standard InChI is InChI=1S/C20H19N3O4/c1-11(2)16-10-19(24)22-17-9-14(6-7-15(16)17)21-20(25)13-5-4-12(3)18(8-13)23(26)27/h4-11,15H,1-3H3,(H,22,24). The number of nitro groups is 1. The maximum atomic E-state index is 12.4. The van der Waals surface area contributed by atoms with Crippen LogP contribution in [0.1, 0.15) is 29.8 Å². The number of aliphatic imine (C=N–C) groups is 1. The second kappa shape index (κ2) is 7.11. The molecule has 0 spiro atoms. The SMILES string of the molecule is Cc1ccc(C(=O)N=C2C=CC3C(=C2)NC(=O)C=C3C(C)C)cc1[N+](=O)[O-]. The molecule has 0 radical (unpaired) electrons. The third-order valence-electron chi connectivity index (χ3n) is 4.57. The van der Waals surface area contributed by atoms with Gasteiger partial charge in [0.1, 0.15) is 0 Å². The molecular formula is C20H19N3O4. The van der Waals surface area contributed by atoms with Gasteiger partial charge in [0.2, 0.25) is 5.91 Å². The van der Waals surface area contributed by atoms with E-state index in [1.165, 1.54) is 18.2 Å². The van der Waals surface area contributed by atoms with Crippen molar-refractivity contribution in [3.63, 3.8) is 0 Å². The second-order valence-electron chi connectivity index (χ2n) is 6.82. The van der Waals surface area contributed by atoms with Gasteiger partial charge in [-0.25, -0.2) is 4.99 Å². The fraction of sp³-hybridized carbons (Fsp3) is 0.250. The number of fused-ring (bicyclic) bond motifs is 1. The number of carbonyl (C=O) groups is 2. The van der Waals surface area contributed by atoms with E-state index in [4.69, 9.17) is 0 Å². The predicted octanol–water partition coefficient (Wildman–Crippen LogP) is 3.27. The van der Waals surface area contributed by atoms with Gasteiger partial charge in [-0.3, -0.25) is 19.7 Å². The number of benzene rings is 1. The molecule has 0 saturated heterocycles. The summed E-state index contributed by atoms with van der Waals surface area (Å²) in [6, 6.07) is 4.27. The van der Waals surface area contributed by atoms with Crippen LogP contribution < -0.4 is 5.32 Å². The van der Waals surface area contributed by atoms with Crippen molar-refractivity contribution in [3.8, 4) is 0 Å². The van der Waals surface area contributed by atoms with Crippen molar-refractivity contribution in [2.75, 3.05) is 0 Å². The maximum absolute atomic E-state index is 12.4. The Hall–Kier alpha value is -3.35. The molecule has 1 unspecified atom stereocenters. The minimum atomic E-state index is -0.574. The van der Waals surface area contributed by atoms with Crippen LogP contribution >= 0.6 is 0 Å². The first-order valence-corrected chi connectivity index (χ1v) is 8.56. The number of carbonyl (C=O) groups excluding carboxylic acids is 2. The molecular weight excluding hydrogens is 346 g/mol. The molecule has 7 nitrogen and oxygen atoms in total. The van der Waals surface area contributed by atoms with Crippen molar-refractivity contribution in [2.24, 2.45) is 16.8 Å². The van der Waals surface area contributed by atoms with Gasteiger partial charge >= 0.3 is 0 Å². The minimum Gasteiger partial charge on any atom is -0.325 e. The van der Waals surface area contributed by atoms with Gasteiger partial charge in [0.25, 0.3) is 11.6 Å². The van der Waals surface area contributed by atoms with Gasteiger partial charge in [0, 0.05) is 34.9 Å². The molecule has 0 aromatic heterocycles. The number of amides is 2. The molecule has 0 fully saturated rings. The lowest BCUT2D eigenvalue weighted by Crippen LogP contribution is -2.34. The summed E-state index contributed by atoms with van der Waals surface area (Å²) in [5.41, 5.74) is 2.56. The summed E-state index contributed by atoms with van der Waals surface area (Å²) in [6.07, 6.45) is 6.89. The van der Waals surface area contributed by atoms with E-state index in [-0.39, 0.29) is 29.0 Å². The number of nitrogens with one attached hydrogen (secondary N) is 1. The first kappa shape index (κ1) is 18.4. The van der Waals surface area contributed by atoms with E-state index in [1.54, 1.807) is 25.2 Å². The second-order valence-corrected chi connectivity index (χ2v) is 6.82. The summed E-state index contributed by atoms with van der Waals surface area (Å²) in [7, 11) is 0. The quantitative estimate of drug-likeness (QED) is 0.656. The van der Waals surface area contributed by atoms with Gasteiger partial charge < -0.3 is 5.32 Å². The van der Waals surface area contributed by atoms with Crippen LogP contribution in [0.2, 0.25) is 0 Å². The topological polar surface area (TPSA) is 102 Å². The van der Waals surface area contributed by atoms with Crippen molar-refractivity contribution >= 4 is 23.2 Å². The summed E-state index contributed by atoms with van der Waals surface area (Å²) in [5.74, 6) is -0.606. The number of aryl methyl sites for hydroxylation is 1. The minimum absolute atomic E-state index is 0.0442. The predicted molar refractivity (Wildman–Crippen MR) is 101 cm³/mol. The Labute approximate surface area is 156 Å². The molecule has 1 atom stereocenters. The normalized spacial score (nSPS) is 20.1. The summed E-state index contributed by atoms with van der Waals surface area (Å²) >= 11 is 0. The van der Waals surface area contributed by atoms with Crippen LogP contribution in [0.5, 0.6) is 0 Å². The van der Waals surface area contributed by atoms with E-state index < -0.39 is 10.8 Å². The maximum Gasteiger partial charge on any atom is 0.277 e. The van der Waals surface area contributed by atoms with E-state index >= 15 is 0 Å². The zero-order chi connectivity index (χ0) is 19.7. The van der Waals surface area contributed by atoms with Gasteiger partial charge in [-0.15, -0.1) is 0 Å². The largest absolute Gasteiger partial charge is 0.325 e. The van der Waals surface area contributed by atoms with E-state index in [0.29, 0.717) is 17.0 Å². The number of hydrogen-bond donors (Lipinski definition) is 1. The van der Waals surface area contributed by atoms with E-state index in [1.807, 2.05) is 19.9 Å². The highest BCUT2D eigenvalue weighted by atomic mass is 16.6. The van der Waals surface area contributed by atoms with Gasteiger partial charge in [-0.05, 0) is 36.6 Å². The van der Waals surface area contributed by atoms with Crippen LogP contribution in [0.3, 0.4) is 0 Å². The average molecular weight is 365 g/mol. The highest BCUT2D eigenvalue weighted by Crippen LogP contribution is 2.31. The lowest BCUT2D eigenvalue weighted by molar-refractivity contribution is -0.385. The molecule has 2 amide bonds. The average Bonchev–Trinajstić information content (AvgIpc) is 2.60. The number of nitro benzene ring substituents is 1. The van der Waals surface area contributed by atoms with Crippen LogP contribution in [0, 0.1) is 28.9 Å². The van der Waals surface area contributed by atoms with Gasteiger partial charge in [-0.2, -0.15) is 0 Å². The number of hydrogen-bond acceptors (Lipinski definition) is 4. The van der Waals surface area contributed by atoms with Crippen LogP contribution in [0.4, 0.5) is 5.69 Å². The van der Waals surface area contributed by atoms with E-state index in [0.717, 1.165) is 5.57 Å². The molecule has 1 N–H and O–H groups in total. The Morgan fingerprint density at radius 3 is 2.70 bits per heavy atom. The van der Waals surface area contributed by atoms with Crippen molar-refractivity contribution in [2.45, 2.75) is 20.8 Å². The highest BCUT2D eigenvalue weighted by molar-refractivity contribution is 6.14. The summed E-state index contributed by atoms with van der Waals surface area (Å²) in [6.45, 7) is 5.65. The summed E-state index contributed by atoms with van der Waals surface area (Å²) < 4.78 is 0. The van der Waals surface area contributed by atoms with Crippen molar-refractivity contribution in [1.29, 1.82) is 0 Å². The molecule has 1 aliphatic heterocycles. The molecule has 1 aliphatic carbocycles. The molecule has 0 saturated carbocycles. The fourth-order valence-electron chi connectivity index (χ4n) is 3.14. The fourth-order valence-corrected chi connectivity index (χ4v) is 3.14. The Morgan fingerprint density at radius 2 is 2.04 bits per heavy atom. The summed E-state index contributed by atoms with van der Waals surface area (Å²) in [5, 5.41) is 13.8. The van der Waals surface area contributed by atoms with Gasteiger partial charge in [-0.1, -0.05) is 26.0 Å². The Kier molecular flexibility index (Phi) is 4.85. The molecule has 1 heterocycles. The third-order valence-corrected chi connectivity index (χ3v) is 4.57. The van der Waals surface area contributed by atoms with Crippen LogP contribution in [-0.4, -0.2) is 22.4 Å². The van der Waals surface area contributed by atoms with Crippen molar-refractivity contribution < 1.29 is 14.5 Å². The first-order chi connectivity index (χ1) is 12.8. The molecule has 0 bridgehead atoms. The van der Waals surface area contributed by atoms with Crippen LogP contribution in [0.25, 0.3) is 0 Å². The Morgan fingerprint density at radius 1 is 1.30 bits per heavy atom. The number of allylic oxidation sites excluding steroid dienone is 3. The zero-order valence-corrected chi connectivity index (χ0v) is 15.2. The molecule has 1 aromatic carbocycles. The van der Waals surface area contributed by atoms with Gasteiger partial charge in [0.15, 0.2) is 0 Å². The lowest BCUT2D eigenvalue weighted by Gasteiger charge is -2.29. The molecule has 138 valence electrons. The smallest absolute Gasteiger partial charge is 0.277 e. The Balaban J connectivity index is 1.90. The van der Waals surface area contributed by atoms with E-state index in [2.05, 4.69) is 10.3 Å². The molecule has 27 heavy (non-hydrogen) atoms. The molecule has 7 heteroatoms. The van der Waals surface area contributed by atoms with Gasteiger partial charge in [0.05, 0.1) is 10.6 Å². The van der Waals surface area contributed by atoms with E-state index in [9.17, 15) is 19.7 Å². The number of rotatable bonds is 3. The van der Waals surface area contributed by atoms with Crippen LogP contribution in [0.15, 0.2) is 58.8 Å².